The molecule has 0 saturated heterocycles. The number of hydrogen-bond donors (Lipinski definition) is 4. The maximum atomic E-state index is 13.8. The summed E-state index contributed by atoms with van der Waals surface area (Å²) in [5.74, 6) is -4.03. The highest BCUT2D eigenvalue weighted by molar-refractivity contribution is 7.47. The van der Waals surface area contributed by atoms with Gasteiger partial charge in [0.1, 0.15) is 30.8 Å². The van der Waals surface area contributed by atoms with Crippen LogP contribution in [-0.2, 0) is 66.9 Å². The van der Waals surface area contributed by atoms with Crippen LogP contribution in [0.1, 0.15) is 96.9 Å². The van der Waals surface area contributed by atoms with E-state index in [9.17, 15) is 38.2 Å². The zero-order valence-corrected chi connectivity index (χ0v) is 41.3. The molecule has 4 aromatic carbocycles. The summed E-state index contributed by atoms with van der Waals surface area (Å²) in [4.78, 5) is 94.9. The van der Waals surface area contributed by atoms with Gasteiger partial charge in [0.05, 0.1) is 43.8 Å². The topological polar surface area (TPSA) is 248 Å². The predicted octanol–water partition coefficient (Wildman–Crippen LogP) is 7.78. The SMILES string of the molecule is CCCCC[C@@H](C(=O)NCNC(=O)c1ccc(-c2ccc(C(=O)N[C@@H](CC(=O)OCc3ccccc3)C(=O)OCc3ccccc3)c(OCC)c2)o1)[C@@H](CC)N(C=O)OCOP(=O)(O)OCc1ccccc1. The van der Waals surface area contributed by atoms with Crippen LogP contribution in [0.5, 0.6) is 5.75 Å². The Labute approximate surface area is 418 Å². The van der Waals surface area contributed by atoms with E-state index in [1.807, 2.05) is 19.1 Å². The molecule has 0 aliphatic carbocycles. The summed E-state index contributed by atoms with van der Waals surface area (Å²) < 4.78 is 45.0. The lowest BCUT2D eigenvalue weighted by Crippen LogP contribution is -2.48. The molecule has 20 heteroatoms. The summed E-state index contributed by atoms with van der Waals surface area (Å²) in [5, 5.41) is 8.78. The van der Waals surface area contributed by atoms with Gasteiger partial charge in [-0.15, -0.1) is 0 Å². The summed E-state index contributed by atoms with van der Waals surface area (Å²) in [5.41, 5.74) is 2.55. The second-order valence-electron chi connectivity index (χ2n) is 16.1. The number of nitrogens with zero attached hydrogens (tertiary/aromatic N) is 1. The molecule has 0 aliphatic heterocycles. The molecule has 0 saturated carbocycles. The Kier molecular flexibility index (Phi) is 22.7. The Morgan fingerprint density at radius 2 is 1.39 bits per heavy atom. The first-order chi connectivity index (χ1) is 34.8. The first-order valence-corrected chi connectivity index (χ1v) is 25.0. The van der Waals surface area contributed by atoms with Crippen LogP contribution in [0.25, 0.3) is 11.3 Å². The van der Waals surface area contributed by atoms with E-state index < -0.39 is 68.7 Å². The van der Waals surface area contributed by atoms with Crippen LogP contribution in [-0.4, -0.2) is 78.2 Å². The fraction of sp³-hybridized carbons (Fsp3) is 0.346. The maximum Gasteiger partial charge on any atom is 0.474 e. The molecule has 4 N–H and O–H groups in total. The van der Waals surface area contributed by atoms with Gasteiger partial charge in [-0.1, -0.05) is 130 Å². The van der Waals surface area contributed by atoms with Crippen molar-refractivity contribution in [2.45, 2.75) is 91.2 Å². The van der Waals surface area contributed by atoms with Crippen LogP contribution in [0.3, 0.4) is 0 Å². The van der Waals surface area contributed by atoms with Crippen molar-refractivity contribution in [3.8, 4) is 17.1 Å². The standard InChI is InChI=1S/C52H61N4O15P/c1-4-7-11-24-41(44(5-2)56(35-57)68-36-70-72(63,64)69-33-39-22-16-10-17-23-39)49(59)53-34-54-51(61)46-28-27-45(71-46)40-25-26-42(47(29-40)65-6-3)50(60)55-43(52(62)67-32-38-20-14-9-15-21-38)30-48(58)66-31-37-18-12-8-13-19-37/h8-10,12-23,25-29,35,41,43-44H,4-7,11,24,30-34,36H2,1-3H3,(H,53,59)(H,54,61)(H,55,60)(H,63,64)/t41-,43+,44-/m1/s1. The van der Waals surface area contributed by atoms with E-state index in [0.29, 0.717) is 35.9 Å². The van der Waals surface area contributed by atoms with Crippen molar-refractivity contribution in [3.05, 3.63) is 149 Å². The number of ether oxygens (including phenoxy) is 3. The van der Waals surface area contributed by atoms with E-state index in [1.54, 1.807) is 98.8 Å². The highest BCUT2D eigenvalue weighted by atomic mass is 31.2. The molecule has 0 aliphatic rings. The van der Waals surface area contributed by atoms with Gasteiger partial charge < -0.3 is 39.5 Å². The number of benzene rings is 4. The lowest BCUT2D eigenvalue weighted by molar-refractivity contribution is -0.221. The first kappa shape index (κ1) is 55.8. The zero-order chi connectivity index (χ0) is 51.7. The van der Waals surface area contributed by atoms with E-state index in [4.69, 9.17) is 32.5 Å². The molecule has 384 valence electrons. The Morgan fingerprint density at radius 1 is 0.750 bits per heavy atom. The fourth-order valence-electron chi connectivity index (χ4n) is 7.28. The zero-order valence-electron chi connectivity index (χ0n) is 40.4. The minimum absolute atomic E-state index is 0.0357. The van der Waals surface area contributed by atoms with Gasteiger partial charge in [-0.2, -0.15) is 0 Å². The van der Waals surface area contributed by atoms with Gasteiger partial charge in [0.25, 0.3) is 11.8 Å². The number of esters is 2. The highest BCUT2D eigenvalue weighted by Gasteiger charge is 2.33. The van der Waals surface area contributed by atoms with Crippen LogP contribution in [0.2, 0.25) is 0 Å². The molecule has 0 radical (unpaired) electrons. The molecule has 5 rings (SSSR count). The molecule has 1 aromatic heterocycles. The van der Waals surface area contributed by atoms with E-state index in [2.05, 4.69) is 16.0 Å². The third-order valence-corrected chi connectivity index (χ3v) is 11.9. The van der Waals surface area contributed by atoms with Crippen LogP contribution >= 0.6 is 7.82 Å². The molecule has 1 heterocycles. The average molecular weight is 1010 g/mol. The number of hydrogen-bond acceptors (Lipinski definition) is 14. The summed E-state index contributed by atoms with van der Waals surface area (Å²) in [6.07, 6.45) is 2.77. The van der Waals surface area contributed by atoms with Gasteiger partial charge in [-0.25, -0.2) is 19.3 Å². The van der Waals surface area contributed by atoms with Crippen molar-refractivity contribution < 1.29 is 70.7 Å². The van der Waals surface area contributed by atoms with Crippen LogP contribution in [0, 0.1) is 5.92 Å². The highest BCUT2D eigenvalue weighted by Crippen LogP contribution is 2.44. The van der Waals surface area contributed by atoms with Gasteiger partial charge in [0.15, 0.2) is 12.6 Å². The first-order valence-electron chi connectivity index (χ1n) is 23.5. The van der Waals surface area contributed by atoms with Crippen LogP contribution in [0.15, 0.2) is 126 Å². The van der Waals surface area contributed by atoms with Gasteiger partial charge in [-0.05, 0) is 60.7 Å². The summed E-state index contributed by atoms with van der Waals surface area (Å²) in [7, 11) is -4.57. The van der Waals surface area contributed by atoms with Crippen LogP contribution < -0.4 is 20.7 Å². The Bertz CT molecular complexity index is 2560. The Hall–Kier alpha value is -7.15. The molecular formula is C52H61N4O15P. The fourth-order valence-corrected chi connectivity index (χ4v) is 7.85. The molecule has 0 spiro atoms. The van der Waals surface area contributed by atoms with Crippen molar-refractivity contribution in [2.75, 3.05) is 20.1 Å². The lowest BCUT2D eigenvalue weighted by Gasteiger charge is -2.32. The molecule has 1 unspecified atom stereocenters. The monoisotopic (exact) mass is 1010 g/mol. The number of furan rings is 1. The molecule has 19 nitrogen and oxygen atoms in total. The molecule has 0 bridgehead atoms. The van der Waals surface area contributed by atoms with Gasteiger partial charge in [0.2, 0.25) is 12.3 Å². The largest absolute Gasteiger partial charge is 0.493 e. The predicted molar refractivity (Wildman–Crippen MR) is 262 cm³/mol. The number of amides is 4. The third-order valence-electron chi connectivity index (χ3n) is 11.0. The third kappa shape index (κ3) is 17.9. The number of phosphoric acid groups is 1. The quantitative estimate of drug-likeness (QED) is 0.00827. The lowest BCUT2D eigenvalue weighted by atomic mass is 9.90. The van der Waals surface area contributed by atoms with E-state index in [0.717, 1.165) is 23.5 Å². The minimum atomic E-state index is -4.57. The second kappa shape index (κ2) is 29.3. The smallest absolute Gasteiger partial charge is 0.474 e. The van der Waals surface area contributed by atoms with Crippen LogP contribution in [0.4, 0.5) is 0 Å². The number of rotatable bonds is 31. The van der Waals surface area contributed by atoms with E-state index in [-0.39, 0.29) is 62.4 Å². The van der Waals surface area contributed by atoms with Gasteiger partial charge in [-0.3, -0.25) is 33.0 Å². The van der Waals surface area contributed by atoms with E-state index in [1.165, 1.54) is 24.3 Å². The van der Waals surface area contributed by atoms with E-state index >= 15 is 0 Å². The molecular weight excluding hydrogens is 952 g/mol. The number of hydroxylamine groups is 2. The Balaban J connectivity index is 1.19. The second-order valence-corrected chi connectivity index (χ2v) is 17.6. The molecule has 72 heavy (non-hydrogen) atoms. The van der Waals surface area contributed by atoms with Crippen molar-refractivity contribution in [2.24, 2.45) is 5.92 Å². The van der Waals surface area contributed by atoms with Crippen molar-refractivity contribution in [1.82, 2.24) is 21.0 Å². The number of carbonyl (C=O) groups is 6. The number of carbonyl (C=O) groups excluding carboxylic acids is 6. The van der Waals surface area contributed by atoms with Crippen molar-refractivity contribution in [1.29, 1.82) is 0 Å². The number of nitrogens with one attached hydrogen (secondary N) is 3. The molecule has 4 atom stereocenters. The van der Waals surface area contributed by atoms with Gasteiger partial charge in [0, 0.05) is 5.56 Å². The average Bonchev–Trinajstić information content (AvgIpc) is 3.90. The summed E-state index contributed by atoms with van der Waals surface area (Å²) >= 11 is 0. The van der Waals surface area contributed by atoms with Crippen molar-refractivity contribution in [3.63, 3.8) is 0 Å². The molecule has 0 fully saturated rings. The number of phosphoric ester groups is 1. The summed E-state index contributed by atoms with van der Waals surface area (Å²) in [6, 6.07) is 31.9. The maximum absolute atomic E-state index is 13.8. The molecule has 5 aromatic rings. The Morgan fingerprint density at radius 3 is 2.00 bits per heavy atom. The molecule has 4 amide bonds. The number of unbranched alkanes of at least 4 members (excludes halogenated alkanes) is 2. The summed E-state index contributed by atoms with van der Waals surface area (Å²) in [6.45, 7) is 4.16. The van der Waals surface area contributed by atoms with Gasteiger partial charge >= 0.3 is 19.8 Å². The normalized spacial score (nSPS) is 13.1. The minimum Gasteiger partial charge on any atom is -0.493 e. The van der Waals surface area contributed by atoms with Crippen molar-refractivity contribution >= 4 is 43.9 Å².